The van der Waals surface area contributed by atoms with Gasteiger partial charge in [0.05, 0.1) is 29.8 Å². The predicted octanol–water partition coefficient (Wildman–Crippen LogP) is 2.02. The lowest BCUT2D eigenvalue weighted by molar-refractivity contribution is 0.115. The molecule has 0 saturated carbocycles. The monoisotopic (exact) mass is 292 g/mol. The maximum atomic E-state index is 5.74. The van der Waals surface area contributed by atoms with Crippen LogP contribution in [0.2, 0.25) is 0 Å². The normalized spacial score (nSPS) is 11.3. The van der Waals surface area contributed by atoms with Crippen molar-refractivity contribution in [2.45, 2.75) is 12.3 Å². The number of alkyl halides is 1. The zero-order chi connectivity index (χ0) is 13.2. The number of halogens is 1. The molecule has 18 heavy (non-hydrogen) atoms. The topological polar surface area (TPSA) is 34.6 Å². The van der Waals surface area contributed by atoms with Crippen LogP contribution < -0.4 is 0 Å². The molecule has 0 aliphatic carbocycles. The van der Waals surface area contributed by atoms with Gasteiger partial charge >= 0.3 is 0 Å². The lowest BCUT2D eigenvalue weighted by atomic mass is 10.3. The Morgan fingerprint density at radius 1 is 1.22 bits per heavy atom. The zero-order valence-electron chi connectivity index (χ0n) is 11.0. The van der Waals surface area contributed by atoms with Gasteiger partial charge in [0.15, 0.2) is 0 Å². The Bertz CT molecular complexity index is 315. The Hall–Kier alpha value is -0.200. The molecule has 4 nitrogen and oxygen atoms in total. The van der Waals surface area contributed by atoms with Gasteiger partial charge in [-0.05, 0) is 0 Å². The van der Waals surface area contributed by atoms with E-state index in [9.17, 15) is 0 Å². The van der Waals surface area contributed by atoms with Gasteiger partial charge in [-0.25, -0.2) is 4.98 Å². The summed E-state index contributed by atoms with van der Waals surface area (Å²) in [5.74, 6) is 0.494. The number of aromatic nitrogens is 1. The van der Waals surface area contributed by atoms with Crippen LogP contribution in [0.3, 0.4) is 0 Å². The van der Waals surface area contributed by atoms with Gasteiger partial charge in [-0.1, -0.05) is 0 Å². The van der Waals surface area contributed by atoms with E-state index in [2.05, 4.69) is 9.88 Å². The van der Waals surface area contributed by atoms with Gasteiger partial charge in [-0.2, -0.15) is 0 Å². The summed E-state index contributed by atoms with van der Waals surface area (Å²) in [5, 5.41) is 3.17. The summed E-state index contributed by atoms with van der Waals surface area (Å²) in [6, 6.07) is 0. The fraction of sp³-hybridized carbons (Fsp3) is 0.750. The standard InChI is InChI=1S/C12H21ClN2O2S/c1-16-7-5-15(6-8-17-2)4-3-12-14-11(9-13)10-18-12/h10H,3-9H2,1-2H3. The largest absolute Gasteiger partial charge is 0.383 e. The van der Waals surface area contributed by atoms with E-state index in [-0.39, 0.29) is 0 Å². The third-order valence-electron chi connectivity index (χ3n) is 2.60. The highest BCUT2D eigenvalue weighted by Crippen LogP contribution is 2.12. The number of nitrogens with zero attached hydrogens (tertiary/aromatic N) is 2. The highest BCUT2D eigenvalue weighted by Gasteiger charge is 2.07. The Kier molecular flexibility index (Phi) is 8.54. The van der Waals surface area contributed by atoms with E-state index in [0.29, 0.717) is 5.88 Å². The van der Waals surface area contributed by atoms with E-state index in [4.69, 9.17) is 21.1 Å². The van der Waals surface area contributed by atoms with Gasteiger partial charge in [0.1, 0.15) is 0 Å². The lowest BCUT2D eigenvalue weighted by Gasteiger charge is -2.20. The van der Waals surface area contributed by atoms with E-state index in [1.165, 1.54) is 0 Å². The fourth-order valence-corrected chi connectivity index (χ4v) is 2.57. The summed E-state index contributed by atoms with van der Waals surface area (Å²) < 4.78 is 10.2. The van der Waals surface area contributed by atoms with Gasteiger partial charge < -0.3 is 9.47 Å². The van der Waals surface area contributed by atoms with Crippen molar-refractivity contribution in [3.8, 4) is 0 Å². The van der Waals surface area contributed by atoms with Crippen molar-refractivity contribution in [3.63, 3.8) is 0 Å². The summed E-state index contributed by atoms with van der Waals surface area (Å²) in [7, 11) is 3.45. The summed E-state index contributed by atoms with van der Waals surface area (Å²) in [6.45, 7) is 4.31. The maximum absolute atomic E-state index is 5.74. The molecule has 0 fully saturated rings. The fourth-order valence-electron chi connectivity index (χ4n) is 1.56. The van der Waals surface area contributed by atoms with Crippen molar-refractivity contribution in [3.05, 3.63) is 16.1 Å². The molecular formula is C12H21ClN2O2S. The Morgan fingerprint density at radius 2 is 1.89 bits per heavy atom. The molecule has 0 atom stereocenters. The summed E-state index contributed by atoms with van der Waals surface area (Å²) in [5.41, 5.74) is 0.969. The molecule has 0 spiro atoms. The van der Waals surface area contributed by atoms with Crippen LogP contribution in [0.1, 0.15) is 10.7 Å². The van der Waals surface area contributed by atoms with Crippen molar-refractivity contribution in [2.24, 2.45) is 0 Å². The first-order valence-electron chi connectivity index (χ1n) is 5.99. The van der Waals surface area contributed by atoms with Gasteiger partial charge in [0.25, 0.3) is 0 Å². The number of hydrogen-bond acceptors (Lipinski definition) is 5. The molecule has 0 aromatic carbocycles. The molecule has 0 aliphatic rings. The van der Waals surface area contributed by atoms with Crippen LogP contribution in [0, 0.1) is 0 Å². The van der Waals surface area contributed by atoms with Crippen LogP contribution in [-0.2, 0) is 21.8 Å². The molecule has 6 heteroatoms. The van der Waals surface area contributed by atoms with Crippen molar-refractivity contribution in [1.29, 1.82) is 0 Å². The Balaban J connectivity index is 2.34. The smallest absolute Gasteiger partial charge is 0.0941 e. The summed E-state index contributed by atoms with van der Waals surface area (Å²) >= 11 is 7.42. The second kappa shape index (κ2) is 9.69. The predicted molar refractivity (Wildman–Crippen MR) is 75.6 cm³/mol. The minimum Gasteiger partial charge on any atom is -0.383 e. The maximum Gasteiger partial charge on any atom is 0.0941 e. The van der Waals surface area contributed by atoms with Crippen LogP contribution in [0.4, 0.5) is 0 Å². The van der Waals surface area contributed by atoms with Gasteiger partial charge in [-0.3, -0.25) is 4.90 Å². The number of methoxy groups -OCH3 is 2. The van der Waals surface area contributed by atoms with Crippen LogP contribution >= 0.6 is 22.9 Å². The average molecular weight is 293 g/mol. The average Bonchev–Trinajstić information content (AvgIpc) is 2.86. The van der Waals surface area contributed by atoms with Gasteiger partial charge in [0.2, 0.25) is 0 Å². The molecule has 0 bridgehead atoms. The molecule has 0 unspecified atom stereocenters. The molecule has 104 valence electrons. The quantitative estimate of drug-likeness (QED) is 0.618. The van der Waals surface area contributed by atoms with Crippen molar-refractivity contribution in [2.75, 3.05) is 47.1 Å². The van der Waals surface area contributed by atoms with Crippen molar-refractivity contribution >= 4 is 22.9 Å². The number of rotatable bonds is 10. The summed E-state index contributed by atoms with van der Waals surface area (Å²) in [6.07, 6.45) is 0.953. The van der Waals surface area contributed by atoms with Crippen molar-refractivity contribution < 1.29 is 9.47 Å². The lowest BCUT2D eigenvalue weighted by Crippen LogP contribution is -2.32. The third kappa shape index (κ3) is 6.11. The molecular weight excluding hydrogens is 272 g/mol. The summed E-state index contributed by atoms with van der Waals surface area (Å²) in [4.78, 5) is 6.79. The van der Waals surface area contributed by atoms with Crippen LogP contribution in [-0.4, -0.2) is 57.0 Å². The minimum absolute atomic E-state index is 0.494. The third-order valence-corrected chi connectivity index (χ3v) is 3.83. The van der Waals surface area contributed by atoms with E-state index in [1.54, 1.807) is 25.6 Å². The Labute approximate surface area is 118 Å². The van der Waals surface area contributed by atoms with Gasteiger partial charge in [0, 0.05) is 45.7 Å². The minimum atomic E-state index is 0.494. The molecule has 0 amide bonds. The molecule has 1 aromatic rings. The molecule has 0 radical (unpaired) electrons. The molecule has 1 heterocycles. The second-order valence-corrected chi connectivity index (χ2v) is 5.15. The zero-order valence-corrected chi connectivity index (χ0v) is 12.6. The first kappa shape index (κ1) is 15.9. The highest BCUT2D eigenvalue weighted by molar-refractivity contribution is 7.09. The first-order valence-corrected chi connectivity index (χ1v) is 7.41. The molecule has 0 N–H and O–H groups in total. The molecule has 1 aromatic heterocycles. The molecule has 0 aliphatic heterocycles. The number of thiazole rings is 1. The molecule has 0 saturated heterocycles. The van der Waals surface area contributed by atoms with E-state index in [0.717, 1.165) is 50.0 Å². The van der Waals surface area contributed by atoms with E-state index < -0.39 is 0 Å². The van der Waals surface area contributed by atoms with Crippen molar-refractivity contribution in [1.82, 2.24) is 9.88 Å². The SMILES string of the molecule is COCCN(CCOC)CCc1nc(CCl)cs1. The first-order chi connectivity index (χ1) is 8.80. The highest BCUT2D eigenvalue weighted by atomic mass is 35.5. The van der Waals surface area contributed by atoms with Crippen LogP contribution in [0.15, 0.2) is 5.38 Å². The Morgan fingerprint density at radius 3 is 2.39 bits per heavy atom. The van der Waals surface area contributed by atoms with Crippen LogP contribution in [0.5, 0.6) is 0 Å². The number of ether oxygens (including phenoxy) is 2. The van der Waals surface area contributed by atoms with E-state index >= 15 is 0 Å². The van der Waals surface area contributed by atoms with Crippen LogP contribution in [0.25, 0.3) is 0 Å². The number of hydrogen-bond donors (Lipinski definition) is 0. The molecule has 1 rings (SSSR count). The second-order valence-electron chi connectivity index (χ2n) is 3.94. The van der Waals surface area contributed by atoms with E-state index in [1.807, 2.05) is 5.38 Å². The van der Waals surface area contributed by atoms with Gasteiger partial charge in [-0.15, -0.1) is 22.9 Å².